The van der Waals surface area contributed by atoms with Crippen LogP contribution in [0.25, 0.3) is 0 Å². The molecular weight excluding hydrogens is 1340 g/mol. The predicted octanol–water partition coefficient (Wildman–Crippen LogP) is 23.7. The van der Waals surface area contributed by atoms with Gasteiger partial charge in [0.1, 0.15) is 25.4 Å². The van der Waals surface area contributed by atoms with Crippen LogP contribution < -0.4 is 0 Å². The highest BCUT2D eigenvalue weighted by Crippen LogP contribution is 2.45. The summed E-state index contributed by atoms with van der Waals surface area (Å²) in [5.74, 6) is -1.61. The van der Waals surface area contributed by atoms with Crippen LogP contribution in [0.15, 0.2) is 146 Å². The van der Waals surface area contributed by atoms with Crippen molar-refractivity contribution in [1.82, 2.24) is 0 Å². The van der Waals surface area contributed by atoms with E-state index in [0.29, 0.717) is 19.3 Å². The average molecular weight is 1480 g/mol. The van der Waals surface area contributed by atoms with Crippen molar-refractivity contribution in [2.24, 2.45) is 0 Å². The number of carbonyl (C=O) groups is 3. The number of phosphoric ester groups is 2. The zero-order valence-electron chi connectivity index (χ0n) is 64.4. The summed E-state index contributed by atoms with van der Waals surface area (Å²) < 4.78 is 61.2. The number of phosphoric acid groups is 2. The number of ether oxygens (including phenoxy) is 3. The van der Waals surface area contributed by atoms with Crippen LogP contribution in [0.2, 0.25) is 0 Å². The third kappa shape index (κ3) is 78.3. The van der Waals surface area contributed by atoms with Crippen molar-refractivity contribution in [2.45, 2.75) is 334 Å². The van der Waals surface area contributed by atoms with Crippen molar-refractivity contribution < 1.29 is 75.8 Å². The maximum absolute atomic E-state index is 13.0. The van der Waals surface area contributed by atoms with Crippen LogP contribution in [0.4, 0.5) is 0 Å². The molecule has 0 aromatic carbocycles. The van der Waals surface area contributed by atoms with Gasteiger partial charge in [-0.15, -0.1) is 0 Å². The van der Waals surface area contributed by atoms with Gasteiger partial charge in [-0.3, -0.25) is 32.5 Å². The van der Waals surface area contributed by atoms with E-state index >= 15 is 0 Å². The van der Waals surface area contributed by atoms with Crippen LogP contribution in [0.1, 0.15) is 316 Å². The highest BCUT2D eigenvalue weighted by Gasteiger charge is 2.29. The molecule has 0 aliphatic carbocycles. The van der Waals surface area contributed by atoms with E-state index < -0.39 is 91.5 Å². The summed E-state index contributed by atoms with van der Waals surface area (Å²) in [5, 5.41) is 20.6. The lowest BCUT2D eigenvalue weighted by Crippen LogP contribution is -2.30. The van der Waals surface area contributed by atoms with Crippen LogP contribution in [0.3, 0.4) is 0 Å². The molecule has 0 aliphatic rings. The second-order valence-corrected chi connectivity index (χ2v) is 29.4. The summed E-state index contributed by atoms with van der Waals surface area (Å²) in [6, 6.07) is 0. The molecule has 0 saturated carbocycles. The Hall–Kier alpha value is -4.57. The van der Waals surface area contributed by atoms with Crippen LogP contribution in [0, 0.1) is 0 Å². The third-order valence-electron chi connectivity index (χ3n) is 16.5. The van der Waals surface area contributed by atoms with Gasteiger partial charge in [-0.1, -0.05) is 295 Å². The van der Waals surface area contributed by atoms with Gasteiger partial charge >= 0.3 is 33.6 Å². The summed E-state index contributed by atoms with van der Waals surface area (Å²) in [4.78, 5) is 58.7. The molecule has 18 heteroatoms. The fourth-order valence-electron chi connectivity index (χ4n) is 10.4. The minimum Gasteiger partial charge on any atom is -0.463 e. The van der Waals surface area contributed by atoms with Crippen molar-refractivity contribution >= 4 is 33.6 Å². The maximum atomic E-state index is 13.0. The van der Waals surface area contributed by atoms with Crippen molar-refractivity contribution in [3.05, 3.63) is 146 Å². The number of unbranched alkanes of at least 4 members (excludes halogenated alkanes) is 28. The standard InChI is InChI=1S/C85H144O16P2/c1-4-7-10-13-16-19-22-25-28-30-32-34-36-38-39-41-43-44-46-48-51-53-56-59-62-65-68-71-83(88)95-74-80(86)75-97-102(91,92)98-76-81(87)77-99-103(93,94)100-79-82(101-85(90)73-70-67-64-61-58-55-50-27-24-21-18-15-12-9-6-3)78-96-84(89)72-69-66-63-60-57-54-52-49-47-45-42-40-37-35-33-31-29-26-23-20-17-14-11-8-5-2/h8,11,16-21,25-29,32-35,38-40,42,47,49-50,80-82,86-87H,4-7,9-10,12-15,22-24,30-31,36-37,41,43-46,48,51-79H2,1-3H3,(H,91,92)(H,93,94)/b11-8-,19-16-,20-17-,21-18-,28-25-,29-26-,34-32-,35-33-,39-38-,42-40-,49-47-,50-27-. The maximum Gasteiger partial charge on any atom is 0.472 e. The van der Waals surface area contributed by atoms with E-state index in [4.69, 9.17) is 32.3 Å². The molecule has 0 spiro atoms. The van der Waals surface area contributed by atoms with E-state index in [1.807, 2.05) is 0 Å². The smallest absolute Gasteiger partial charge is 0.463 e. The fraction of sp³-hybridized carbons (Fsp3) is 0.682. The van der Waals surface area contributed by atoms with E-state index in [0.717, 1.165) is 167 Å². The number of allylic oxidation sites excluding steroid dienone is 24. The zero-order valence-corrected chi connectivity index (χ0v) is 66.2. The Balaban J connectivity index is 4.60. The Labute approximate surface area is 626 Å². The topological polar surface area (TPSA) is 231 Å². The molecule has 5 atom stereocenters. The normalized spacial score (nSPS) is 14.7. The van der Waals surface area contributed by atoms with Gasteiger partial charge in [-0.25, -0.2) is 9.13 Å². The van der Waals surface area contributed by atoms with Gasteiger partial charge in [0.05, 0.1) is 26.4 Å². The Morgan fingerprint density at radius 1 is 0.282 bits per heavy atom. The molecule has 0 radical (unpaired) electrons. The van der Waals surface area contributed by atoms with E-state index in [-0.39, 0.29) is 19.3 Å². The number of hydrogen-bond acceptors (Lipinski definition) is 14. The van der Waals surface area contributed by atoms with E-state index in [1.54, 1.807) is 0 Å². The molecule has 0 saturated heterocycles. The number of aliphatic hydroxyl groups is 2. The predicted molar refractivity (Wildman–Crippen MR) is 426 cm³/mol. The lowest BCUT2D eigenvalue weighted by Gasteiger charge is -2.21. The van der Waals surface area contributed by atoms with E-state index in [2.05, 4.69) is 167 Å². The van der Waals surface area contributed by atoms with Crippen LogP contribution >= 0.6 is 15.6 Å². The molecule has 5 unspecified atom stereocenters. The summed E-state index contributed by atoms with van der Waals surface area (Å²) in [5.41, 5.74) is 0. The second kappa shape index (κ2) is 77.1. The zero-order chi connectivity index (χ0) is 75.2. The number of aliphatic hydroxyl groups excluding tert-OH is 2. The van der Waals surface area contributed by atoms with Gasteiger partial charge in [0, 0.05) is 19.3 Å². The Kier molecular flexibility index (Phi) is 73.6. The van der Waals surface area contributed by atoms with Crippen molar-refractivity contribution in [3.63, 3.8) is 0 Å². The van der Waals surface area contributed by atoms with Crippen LogP contribution in [0.5, 0.6) is 0 Å². The highest BCUT2D eigenvalue weighted by molar-refractivity contribution is 7.47. The third-order valence-corrected chi connectivity index (χ3v) is 18.4. The molecule has 0 aromatic rings. The molecular formula is C85H144O16P2. The molecule has 0 aromatic heterocycles. The first-order chi connectivity index (χ1) is 50.2. The lowest BCUT2D eigenvalue weighted by molar-refractivity contribution is -0.161. The van der Waals surface area contributed by atoms with Gasteiger partial charge in [0.15, 0.2) is 6.10 Å². The average Bonchev–Trinajstić information content (AvgIpc) is 0.918. The molecule has 0 heterocycles. The minimum atomic E-state index is -4.94. The molecule has 0 fully saturated rings. The molecule has 0 bridgehead atoms. The quantitative estimate of drug-likeness (QED) is 0.0146. The SMILES string of the molecule is CC/C=C\C/C=C\C/C=C\C/C=C\C/C=C\C/C=C\CCCCCCCCC(=O)OCC(COP(=O)(O)OCC(O)COP(=O)(O)OCC(O)COC(=O)CCCCCCCCCCCCC/C=C\C/C=C\C/C=C\C/C=C\CCCCC)OC(=O)CCCCCCC/C=C\C/C=C\CCCCC. The summed E-state index contributed by atoms with van der Waals surface area (Å²) in [7, 11) is -9.81. The molecule has 16 nitrogen and oxygen atoms in total. The highest BCUT2D eigenvalue weighted by atomic mass is 31.2. The minimum absolute atomic E-state index is 0.0809. The van der Waals surface area contributed by atoms with Crippen molar-refractivity contribution in [1.29, 1.82) is 0 Å². The van der Waals surface area contributed by atoms with Crippen LogP contribution in [-0.2, 0) is 55.8 Å². The van der Waals surface area contributed by atoms with Crippen molar-refractivity contribution in [3.8, 4) is 0 Å². The van der Waals surface area contributed by atoms with Gasteiger partial charge in [-0.05, 0) is 148 Å². The lowest BCUT2D eigenvalue weighted by atomic mass is 10.0. The van der Waals surface area contributed by atoms with Gasteiger partial charge < -0.3 is 34.2 Å². The van der Waals surface area contributed by atoms with Crippen LogP contribution in [-0.4, -0.2) is 95.9 Å². The molecule has 0 rings (SSSR count). The fourth-order valence-corrected chi connectivity index (χ4v) is 12.0. The first kappa shape index (κ1) is 98.4. The van der Waals surface area contributed by atoms with Gasteiger partial charge in [-0.2, -0.15) is 0 Å². The molecule has 0 aliphatic heterocycles. The number of rotatable bonds is 75. The summed E-state index contributed by atoms with van der Waals surface area (Å²) >= 11 is 0. The Morgan fingerprint density at radius 2 is 0.515 bits per heavy atom. The Morgan fingerprint density at radius 3 is 0.816 bits per heavy atom. The largest absolute Gasteiger partial charge is 0.472 e. The second-order valence-electron chi connectivity index (χ2n) is 26.5. The first-order valence-corrected chi connectivity index (χ1v) is 43.1. The molecule has 103 heavy (non-hydrogen) atoms. The molecule has 4 N–H and O–H groups in total. The summed E-state index contributed by atoms with van der Waals surface area (Å²) in [6.07, 6.45) is 94.6. The first-order valence-electron chi connectivity index (χ1n) is 40.1. The molecule has 590 valence electrons. The van der Waals surface area contributed by atoms with Gasteiger partial charge in [0.25, 0.3) is 0 Å². The van der Waals surface area contributed by atoms with E-state index in [9.17, 15) is 43.5 Å². The van der Waals surface area contributed by atoms with Gasteiger partial charge in [0.2, 0.25) is 0 Å². The van der Waals surface area contributed by atoms with Crippen molar-refractivity contribution in [2.75, 3.05) is 39.6 Å². The number of hydrogen-bond donors (Lipinski definition) is 4. The number of carbonyl (C=O) groups excluding carboxylic acids is 3. The summed E-state index contributed by atoms with van der Waals surface area (Å²) in [6.45, 7) is 2.48. The molecule has 0 amide bonds. The number of esters is 3. The Bertz CT molecular complexity index is 2450. The monoisotopic (exact) mass is 1480 g/mol. The van der Waals surface area contributed by atoms with E-state index in [1.165, 1.54) is 89.9 Å².